The molecule has 0 aliphatic rings. The van der Waals surface area contributed by atoms with Crippen LogP contribution in [0.5, 0.6) is 5.75 Å². The fourth-order valence-electron chi connectivity index (χ4n) is 4.16. The van der Waals surface area contributed by atoms with Crippen molar-refractivity contribution >= 4 is 11.9 Å². The zero-order valence-corrected chi connectivity index (χ0v) is 24.2. The molecule has 0 unspecified atom stereocenters. The maximum atomic E-state index is 12.7. The molecule has 1 amide bonds. The number of nitrogens with zero attached hydrogens (tertiary/aromatic N) is 2. The fraction of sp³-hybridized carbons (Fsp3) is 0.433. The lowest BCUT2D eigenvalue weighted by Crippen LogP contribution is -2.43. The molecule has 9 heteroatoms. The van der Waals surface area contributed by atoms with Gasteiger partial charge in [0.25, 0.3) is 0 Å². The van der Waals surface area contributed by atoms with Crippen molar-refractivity contribution in [2.45, 2.75) is 79.7 Å². The lowest BCUT2D eigenvalue weighted by molar-refractivity contribution is -0.171. The second-order valence-corrected chi connectivity index (χ2v) is 11.3. The molecule has 3 aromatic rings. The molecule has 2 aromatic carbocycles. The highest BCUT2D eigenvalue weighted by Gasteiger charge is 2.35. The van der Waals surface area contributed by atoms with Crippen LogP contribution in [-0.4, -0.2) is 39.5 Å². The van der Waals surface area contributed by atoms with Gasteiger partial charge in [0.05, 0.1) is 12.2 Å². The molecule has 9 nitrogen and oxygen atoms in total. The molecule has 0 saturated heterocycles. The average molecular weight is 537 g/mol. The number of carbonyl (C=O) groups excluding carboxylic acids is 2. The van der Waals surface area contributed by atoms with E-state index in [2.05, 4.69) is 5.43 Å². The van der Waals surface area contributed by atoms with Crippen molar-refractivity contribution in [3.8, 4) is 17.2 Å². The summed E-state index contributed by atoms with van der Waals surface area (Å²) in [4.78, 5) is 31.6. The number of hydrogen-bond acceptors (Lipinski definition) is 8. The minimum Gasteiger partial charge on any atom is -0.476 e. The first-order valence-corrected chi connectivity index (χ1v) is 12.9. The number of hydrogen-bond donors (Lipinski definition) is 2. The van der Waals surface area contributed by atoms with E-state index >= 15 is 0 Å². The first kappa shape index (κ1) is 29.9. The Kier molecular flexibility index (Phi) is 9.19. The Bertz CT molecular complexity index is 1290. The van der Waals surface area contributed by atoms with E-state index in [-0.39, 0.29) is 12.5 Å². The van der Waals surface area contributed by atoms with Gasteiger partial charge in [-0.05, 0) is 84.2 Å². The van der Waals surface area contributed by atoms with Crippen LogP contribution in [0.4, 0.5) is 0 Å². The third-order valence-electron chi connectivity index (χ3n) is 5.99. The maximum absolute atomic E-state index is 12.7. The molecule has 0 fully saturated rings. The Hall–Kier alpha value is -3.69. The summed E-state index contributed by atoms with van der Waals surface area (Å²) in [5.74, 6) is 6.49. The normalized spacial score (nSPS) is 11.9. The molecule has 0 aliphatic carbocycles. The van der Waals surface area contributed by atoms with Crippen molar-refractivity contribution in [2.24, 2.45) is 5.84 Å². The van der Waals surface area contributed by atoms with Gasteiger partial charge in [0.1, 0.15) is 17.1 Å². The minimum atomic E-state index is -1.17. The summed E-state index contributed by atoms with van der Waals surface area (Å²) in [6, 6.07) is 13.7. The van der Waals surface area contributed by atoms with Crippen LogP contribution >= 0.6 is 0 Å². The van der Waals surface area contributed by atoms with Crippen molar-refractivity contribution in [1.82, 2.24) is 15.3 Å². The van der Waals surface area contributed by atoms with Crippen LogP contribution in [0.2, 0.25) is 0 Å². The number of carbonyl (C=O) groups is 2. The van der Waals surface area contributed by atoms with Crippen molar-refractivity contribution in [1.29, 1.82) is 0 Å². The molecule has 0 saturated carbocycles. The number of oxazole rings is 1. The molecular formula is C30H40N4O5. The molecule has 1 aromatic heterocycles. The van der Waals surface area contributed by atoms with Gasteiger partial charge in [-0.3, -0.25) is 15.1 Å². The number of nitrogens with one attached hydrogen (secondary N) is 1. The number of ether oxygens (including phenoxy) is 2. The van der Waals surface area contributed by atoms with Gasteiger partial charge >= 0.3 is 5.97 Å². The van der Waals surface area contributed by atoms with Crippen LogP contribution in [0.15, 0.2) is 46.9 Å². The summed E-state index contributed by atoms with van der Waals surface area (Å²) in [5, 5.41) is 0. The molecule has 0 aliphatic heterocycles. The van der Waals surface area contributed by atoms with E-state index in [0.717, 1.165) is 27.9 Å². The van der Waals surface area contributed by atoms with Crippen molar-refractivity contribution in [3.05, 3.63) is 70.6 Å². The van der Waals surface area contributed by atoms with Crippen LogP contribution in [0, 0.1) is 20.8 Å². The van der Waals surface area contributed by atoms with Crippen molar-refractivity contribution in [2.75, 3.05) is 6.54 Å². The molecule has 0 bridgehead atoms. The van der Waals surface area contributed by atoms with Gasteiger partial charge in [0, 0.05) is 18.7 Å². The first-order valence-electron chi connectivity index (χ1n) is 12.9. The van der Waals surface area contributed by atoms with E-state index in [4.69, 9.17) is 24.7 Å². The fourth-order valence-corrected chi connectivity index (χ4v) is 4.16. The predicted octanol–water partition coefficient (Wildman–Crippen LogP) is 4.76. The number of hydrazine groups is 1. The van der Waals surface area contributed by atoms with Gasteiger partial charge in [-0.15, -0.1) is 0 Å². The largest absolute Gasteiger partial charge is 0.476 e. The molecular weight excluding hydrogens is 496 g/mol. The quantitative estimate of drug-likeness (QED) is 0.165. The van der Waals surface area contributed by atoms with Crippen LogP contribution < -0.4 is 16.0 Å². The van der Waals surface area contributed by atoms with Crippen LogP contribution in [0.25, 0.3) is 11.5 Å². The summed E-state index contributed by atoms with van der Waals surface area (Å²) in [6.07, 6.45) is 0. The molecule has 0 radical (unpaired) electrons. The second-order valence-electron chi connectivity index (χ2n) is 11.3. The van der Waals surface area contributed by atoms with Crippen molar-refractivity contribution < 1.29 is 23.5 Å². The summed E-state index contributed by atoms with van der Waals surface area (Å²) in [6.45, 7) is 15.5. The summed E-state index contributed by atoms with van der Waals surface area (Å²) < 4.78 is 17.6. The number of nitrogens with two attached hydrogens (primary N) is 1. The van der Waals surface area contributed by atoms with Gasteiger partial charge in [0.2, 0.25) is 11.8 Å². The third-order valence-corrected chi connectivity index (χ3v) is 5.99. The molecule has 39 heavy (non-hydrogen) atoms. The zero-order chi connectivity index (χ0) is 29.0. The van der Waals surface area contributed by atoms with Crippen LogP contribution in [0.3, 0.4) is 0 Å². The number of aromatic nitrogens is 1. The third kappa shape index (κ3) is 8.15. The Morgan fingerprint density at radius 2 is 1.62 bits per heavy atom. The van der Waals surface area contributed by atoms with Crippen LogP contribution in [0.1, 0.15) is 62.8 Å². The van der Waals surface area contributed by atoms with E-state index in [1.807, 2.05) is 88.9 Å². The topological polar surface area (TPSA) is 120 Å². The lowest BCUT2D eigenvalue weighted by Gasteiger charge is -2.30. The number of rotatable bonds is 10. The van der Waals surface area contributed by atoms with E-state index < -0.39 is 17.2 Å². The highest BCUT2D eigenvalue weighted by atomic mass is 16.6. The summed E-state index contributed by atoms with van der Waals surface area (Å²) in [7, 11) is 0. The van der Waals surface area contributed by atoms with Gasteiger partial charge in [-0.2, -0.15) is 0 Å². The zero-order valence-electron chi connectivity index (χ0n) is 24.2. The monoisotopic (exact) mass is 536 g/mol. The minimum absolute atomic E-state index is 0.0749. The number of amides is 1. The lowest BCUT2D eigenvalue weighted by atomic mass is 10.0. The number of benzene rings is 2. The molecule has 3 rings (SSSR count). The summed E-state index contributed by atoms with van der Waals surface area (Å²) >= 11 is 0. The smallest absolute Gasteiger partial charge is 0.350 e. The van der Waals surface area contributed by atoms with Gasteiger partial charge in [-0.1, -0.05) is 30.3 Å². The second kappa shape index (κ2) is 12.0. The van der Waals surface area contributed by atoms with Gasteiger partial charge < -0.3 is 13.9 Å². The average Bonchev–Trinajstić information content (AvgIpc) is 3.20. The Morgan fingerprint density at radius 3 is 2.18 bits per heavy atom. The standard InChI is InChI=1S/C30H40N4O5/c1-19-14-22(15-20(2)26(19)38-30(7,8)28(36)39-29(4,5)6)16-34(18-25(35)33-31)17-24-21(3)37-27(32-24)23-12-10-9-11-13-23/h9-15H,16-18,31H2,1-8H3,(H,33,35). The molecule has 210 valence electrons. The number of aryl methyl sites for hydroxylation is 3. The van der Waals surface area contributed by atoms with Gasteiger partial charge in [-0.25, -0.2) is 15.6 Å². The van der Waals surface area contributed by atoms with E-state index in [9.17, 15) is 9.59 Å². The highest BCUT2D eigenvalue weighted by molar-refractivity contribution is 5.79. The summed E-state index contributed by atoms with van der Waals surface area (Å²) in [5.41, 5.74) is 4.76. The molecule has 0 atom stereocenters. The first-order chi connectivity index (χ1) is 18.2. The van der Waals surface area contributed by atoms with Gasteiger partial charge in [0.15, 0.2) is 5.60 Å². The van der Waals surface area contributed by atoms with E-state index in [1.54, 1.807) is 13.8 Å². The van der Waals surface area contributed by atoms with E-state index in [1.165, 1.54) is 0 Å². The van der Waals surface area contributed by atoms with E-state index in [0.29, 0.717) is 30.5 Å². The SMILES string of the molecule is Cc1cc(CN(CC(=O)NN)Cc2nc(-c3ccccc3)oc2C)cc(C)c1OC(C)(C)C(=O)OC(C)(C)C. The highest BCUT2D eigenvalue weighted by Crippen LogP contribution is 2.31. The van der Waals surface area contributed by atoms with Crippen molar-refractivity contribution in [3.63, 3.8) is 0 Å². The molecule has 1 heterocycles. The maximum Gasteiger partial charge on any atom is 0.350 e. The molecule has 0 spiro atoms. The Morgan fingerprint density at radius 1 is 1.00 bits per heavy atom. The predicted molar refractivity (Wildman–Crippen MR) is 150 cm³/mol. The van der Waals surface area contributed by atoms with Crippen LogP contribution in [-0.2, 0) is 27.4 Å². The number of esters is 1. The Labute approximate surface area is 230 Å². The molecule has 3 N–H and O–H groups in total. The Balaban J connectivity index is 1.82.